The van der Waals surface area contributed by atoms with E-state index < -0.39 is 0 Å². The number of aryl methyl sites for hydroxylation is 1. The molecular formula is C10H12V. The zero-order valence-electron chi connectivity index (χ0n) is 6.96. The molecule has 1 aromatic rings. The molecule has 1 aromatic carbocycles. The van der Waals surface area contributed by atoms with Crippen LogP contribution in [-0.2, 0) is 23.4 Å². The van der Waals surface area contributed by atoms with Crippen molar-refractivity contribution in [3.05, 3.63) is 35.4 Å². The van der Waals surface area contributed by atoms with Crippen molar-refractivity contribution in [2.45, 2.75) is 20.3 Å². The van der Waals surface area contributed by atoms with Crippen LogP contribution >= 0.6 is 0 Å². The summed E-state index contributed by atoms with van der Waals surface area (Å²) in [5, 5.41) is 0. The molecule has 0 amide bonds. The van der Waals surface area contributed by atoms with Crippen molar-refractivity contribution in [1.29, 1.82) is 0 Å². The van der Waals surface area contributed by atoms with Crippen molar-refractivity contribution in [2.24, 2.45) is 0 Å². The van der Waals surface area contributed by atoms with Crippen LogP contribution < -0.4 is 0 Å². The molecule has 0 aliphatic rings. The zero-order chi connectivity index (χ0) is 8.27. The number of rotatable bonds is 2. The van der Waals surface area contributed by atoms with Gasteiger partial charge < -0.3 is 0 Å². The fraction of sp³-hybridized carbons (Fsp3) is 0.300. The molecule has 0 heterocycles. The van der Waals surface area contributed by atoms with Crippen molar-refractivity contribution in [2.75, 3.05) is 0 Å². The SMILES string of the molecule is C[C](=[V])Cc1ccc(C)cc1. The van der Waals surface area contributed by atoms with Crippen LogP contribution in [-0.4, -0.2) is 4.23 Å². The summed E-state index contributed by atoms with van der Waals surface area (Å²) in [5.41, 5.74) is 2.73. The van der Waals surface area contributed by atoms with Gasteiger partial charge in [0.15, 0.2) is 0 Å². The van der Waals surface area contributed by atoms with Gasteiger partial charge in [0.25, 0.3) is 0 Å². The molecule has 0 N–H and O–H groups in total. The van der Waals surface area contributed by atoms with Crippen LogP contribution in [0.2, 0.25) is 0 Å². The Morgan fingerprint density at radius 2 is 1.82 bits per heavy atom. The molecule has 0 unspecified atom stereocenters. The summed E-state index contributed by atoms with van der Waals surface area (Å²) in [6.07, 6.45) is 1.08. The molecule has 0 radical (unpaired) electrons. The van der Waals surface area contributed by atoms with Crippen LogP contribution in [0.1, 0.15) is 18.1 Å². The molecule has 0 aliphatic heterocycles. The van der Waals surface area contributed by atoms with Crippen molar-refractivity contribution < 1.29 is 17.0 Å². The van der Waals surface area contributed by atoms with Gasteiger partial charge in [-0.3, -0.25) is 0 Å². The second-order valence-corrected chi connectivity index (χ2v) is 4.09. The Morgan fingerprint density at radius 3 is 2.27 bits per heavy atom. The molecule has 0 spiro atoms. The number of hydrogen-bond acceptors (Lipinski definition) is 0. The Morgan fingerprint density at radius 1 is 1.27 bits per heavy atom. The van der Waals surface area contributed by atoms with E-state index in [-0.39, 0.29) is 0 Å². The topological polar surface area (TPSA) is 0 Å². The predicted octanol–water partition coefficient (Wildman–Crippen LogP) is 2.28. The molecule has 0 aliphatic carbocycles. The molecule has 57 valence electrons. The van der Waals surface area contributed by atoms with Gasteiger partial charge in [-0.1, -0.05) is 0 Å². The first-order valence-electron chi connectivity index (χ1n) is 3.75. The Labute approximate surface area is 77.1 Å². The molecule has 0 atom stereocenters. The predicted molar refractivity (Wildman–Crippen MR) is 45.6 cm³/mol. The summed E-state index contributed by atoms with van der Waals surface area (Å²) in [6.45, 7) is 4.25. The van der Waals surface area contributed by atoms with Crippen molar-refractivity contribution in [3.63, 3.8) is 0 Å². The van der Waals surface area contributed by atoms with E-state index >= 15 is 0 Å². The van der Waals surface area contributed by atoms with Gasteiger partial charge in [-0.15, -0.1) is 0 Å². The third-order valence-corrected chi connectivity index (χ3v) is 1.83. The first kappa shape index (κ1) is 8.77. The van der Waals surface area contributed by atoms with Crippen LogP contribution in [0.15, 0.2) is 24.3 Å². The van der Waals surface area contributed by atoms with Gasteiger partial charge in [0.2, 0.25) is 0 Å². The second kappa shape index (κ2) is 3.89. The fourth-order valence-electron chi connectivity index (χ4n) is 1.00. The van der Waals surface area contributed by atoms with E-state index in [9.17, 15) is 0 Å². The van der Waals surface area contributed by atoms with E-state index in [0.717, 1.165) is 6.42 Å². The van der Waals surface area contributed by atoms with Crippen molar-refractivity contribution in [1.82, 2.24) is 0 Å². The van der Waals surface area contributed by atoms with Gasteiger partial charge in [0, 0.05) is 0 Å². The number of hydrogen-bond donors (Lipinski definition) is 0. The maximum absolute atomic E-state index is 2.59. The molecule has 0 saturated carbocycles. The normalized spacial score (nSPS) is 9.55. The third-order valence-electron chi connectivity index (χ3n) is 1.58. The molecule has 0 aromatic heterocycles. The molecule has 11 heavy (non-hydrogen) atoms. The Kier molecular flexibility index (Phi) is 3.10. The summed E-state index contributed by atoms with van der Waals surface area (Å²) in [5.74, 6) is 0. The van der Waals surface area contributed by atoms with Gasteiger partial charge in [-0.25, -0.2) is 0 Å². The molecule has 0 saturated heterocycles. The van der Waals surface area contributed by atoms with E-state index in [1.54, 1.807) is 0 Å². The molecule has 0 bridgehead atoms. The molecule has 1 heteroatoms. The van der Waals surface area contributed by atoms with Crippen LogP contribution in [0.5, 0.6) is 0 Å². The van der Waals surface area contributed by atoms with E-state index in [4.69, 9.17) is 0 Å². The van der Waals surface area contributed by atoms with Crippen LogP contribution in [0.25, 0.3) is 0 Å². The van der Waals surface area contributed by atoms with E-state index in [0.29, 0.717) is 0 Å². The Bertz CT molecular complexity index is 246. The van der Waals surface area contributed by atoms with Crippen LogP contribution in [0.4, 0.5) is 0 Å². The third kappa shape index (κ3) is 3.05. The first-order valence-corrected chi connectivity index (χ1v) is 4.45. The van der Waals surface area contributed by atoms with E-state index in [2.05, 4.69) is 55.1 Å². The molecule has 0 fully saturated rings. The standard InChI is InChI=1S/C10H12.V/c1-3-4-10-7-5-9(2)6-8-10;/h5-8H,4H2,1-2H3;. The average molecular weight is 183 g/mol. The zero-order valence-corrected chi connectivity index (χ0v) is 8.36. The van der Waals surface area contributed by atoms with E-state index in [1.807, 2.05) is 0 Å². The van der Waals surface area contributed by atoms with Crippen LogP contribution in [0, 0.1) is 6.92 Å². The Hall–Kier alpha value is -0.326. The molecular weight excluding hydrogens is 171 g/mol. The van der Waals surface area contributed by atoms with Crippen molar-refractivity contribution in [3.8, 4) is 0 Å². The average Bonchev–Trinajstić information content (AvgIpc) is 1.93. The quantitative estimate of drug-likeness (QED) is 0.659. The van der Waals surface area contributed by atoms with Gasteiger partial charge in [0.05, 0.1) is 0 Å². The summed E-state index contributed by atoms with van der Waals surface area (Å²) >= 11 is 2.59. The van der Waals surface area contributed by atoms with Gasteiger partial charge in [-0.05, 0) is 0 Å². The first-order chi connectivity index (χ1) is 5.18. The summed E-state index contributed by atoms with van der Waals surface area (Å²) < 4.78 is 1.40. The van der Waals surface area contributed by atoms with Crippen LogP contribution in [0.3, 0.4) is 0 Å². The summed E-state index contributed by atoms with van der Waals surface area (Å²) in [7, 11) is 0. The molecule has 0 nitrogen and oxygen atoms in total. The minimum absolute atomic E-state index is 1.08. The number of benzene rings is 1. The fourth-order valence-corrected chi connectivity index (χ4v) is 1.29. The summed E-state index contributed by atoms with van der Waals surface area (Å²) in [6, 6.07) is 8.69. The Balaban J connectivity index is 2.74. The van der Waals surface area contributed by atoms with E-state index in [1.165, 1.54) is 15.4 Å². The summed E-state index contributed by atoms with van der Waals surface area (Å²) in [4.78, 5) is 0. The minimum atomic E-state index is 1.08. The maximum atomic E-state index is 2.59. The van der Waals surface area contributed by atoms with Gasteiger partial charge in [0.1, 0.15) is 0 Å². The monoisotopic (exact) mass is 183 g/mol. The van der Waals surface area contributed by atoms with Gasteiger partial charge in [-0.2, -0.15) is 0 Å². The van der Waals surface area contributed by atoms with Gasteiger partial charge >= 0.3 is 76.9 Å². The van der Waals surface area contributed by atoms with Crippen molar-refractivity contribution >= 4 is 4.23 Å². The molecule has 1 rings (SSSR count). The second-order valence-electron chi connectivity index (χ2n) is 2.90.